The maximum absolute atomic E-state index is 13.7. The van der Waals surface area contributed by atoms with Crippen LogP contribution in [0.2, 0.25) is 0 Å². The Hall–Kier alpha value is -5.01. The van der Waals surface area contributed by atoms with E-state index in [0.717, 1.165) is 21.7 Å². The zero-order valence-corrected chi connectivity index (χ0v) is 27.3. The zero-order valence-electron chi connectivity index (χ0n) is 25.6. The lowest BCUT2D eigenvalue weighted by Crippen LogP contribution is -2.28. The molecule has 2 aromatic heterocycles. The first kappa shape index (κ1) is 32.0. The molecular formula is C34H31FN6O4S2. The Labute approximate surface area is 279 Å². The lowest BCUT2D eigenvalue weighted by atomic mass is 10.0. The fourth-order valence-corrected chi connectivity index (χ4v) is 6.68. The second-order valence-corrected chi connectivity index (χ2v) is 12.5. The molecule has 47 heavy (non-hydrogen) atoms. The van der Waals surface area contributed by atoms with Gasteiger partial charge in [0.25, 0.3) is 11.8 Å². The molecule has 0 fully saturated rings. The zero-order chi connectivity index (χ0) is 32.8. The number of rotatable bonds is 12. The molecule has 0 spiro atoms. The number of ether oxygens (including phenoxy) is 2. The van der Waals surface area contributed by atoms with E-state index in [2.05, 4.69) is 15.5 Å². The first-order valence-electron chi connectivity index (χ1n) is 14.7. The highest BCUT2D eigenvalue weighted by molar-refractivity contribution is 7.99. The lowest BCUT2D eigenvalue weighted by Gasteiger charge is -2.22. The van der Waals surface area contributed by atoms with Crippen molar-refractivity contribution in [2.45, 2.75) is 30.7 Å². The highest BCUT2D eigenvalue weighted by Crippen LogP contribution is 2.35. The minimum Gasteiger partial charge on any atom is -0.497 e. The molecule has 1 atom stereocenters. The molecule has 10 nitrogen and oxygen atoms in total. The van der Waals surface area contributed by atoms with Crippen molar-refractivity contribution in [1.29, 1.82) is 0 Å². The number of nitrogens with zero attached hydrogens (tertiary/aromatic N) is 5. The molecule has 0 aliphatic carbocycles. The first-order chi connectivity index (χ1) is 22.9. The van der Waals surface area contributed by atoms with E-state index in [-0.39, 0.29) is 36.0 Å². The number of carbonyl (C=O) groups is 2. The van der Waals surface area contributed by atoms with Crippen LogP contribution in [-0.4, -0.2) is 57.3 Å². The molecule has 1 aliphatic heterocycles. The number of methoxy groups -OCH3 is 2. The summed E-state index contributed by atoms with van der Waals surface area (Å²) in [6, 6.07) is 24.5. The van der Waals surface area contributed by atoms with Crippen molar-refractivity contribution in [3.8, 4) is 11.5 Å². The van der Waals surface area contributed by atoms with Gasteiger partial charge in [-0.1, -0.05) is 60.3 Å². The van der Waals surface area contributed by atoms with Gasteiger partial charge in [0.05, 0.1) is 49.7 Å². The number of benzene rings is 3. The topological polar surface area (TPSA) is 111 Å². The second kappa shape index (κ2) is 14.6. The second-order valence-electron chi connectivity index (χ2n) is 10.6. The van der Waals surface area contributed by atoms with Crippen molar-refractivity contribution in [2.75, 3.05) is 20.0 Å². The molecule has 1 N–H and O–H groups in total. The number of amides is 2. The Balaban J connectivity index is 1.21. The molecule has 3 aromatic carbocycles. The minimum absolute atomic E-state index is 0.0435. The average Bonchev–Trinajstić information content (AvgIpc) is 3.88. The molecule has 0 saturated carbocycles. The van der Waals surface area contributed by atoms with E-state index in [9.17, 15) is 14.0 Å². The Morgan fingerprint density at radius 2 is 1.72 bits per heavy atom. The van der Waals surface area contributed by atoms with Gasteiger partial charge in [-0.25, -0.2) is 9.40 Å². The maximum atomic E-state index is 13.7. The molecule has 2 amide bonds. The highest BCUT2D eigenvalue weighted by Gasteiger charge is 2.33. The Kier molecular flexibility index (Phi) is 9.93. The summed E-state index contributed by atoms with van der Waals surface area (Å²) in [4.78, 5) is 27.8. The molecule has 0 radical (unpaired) electrons. The standard InChI is InChI=1S/C34H31FN6O4S2/c1-44-26-15-24(16-27(17-26)45-2)33(43)36-19-31-37-38-34(40(31)20-22-7-4-3-5-8-22)47-21-32(42)41-29(23-10-12-25(35)13-11-23)18-28(39-41)30-9-6-14-46-30/h3-17,29H,18-21H2,1-2H3,(H,36,43)/t29-/m1/s1. The van der Waals surface area contributed by atoms with Gasteiger partial charge >= 0.3 is 0 Å². The van der Waals surface area contributed by atoms with E-state index < -0.39 is 0 Å². The van der Waals surface area contributed by atoms with E-state index in [1.54, 1.807) is 41.7 Å². The van der Waals surface area contributed by atoms with E-state index >= 15 is 0 Å². The third-order valence-corrected chi connectivity index (χ3v) is 9.42. The summed E-state index contributed by atoms with van der Waals surface area (Å²) in [6.45, 7) is 0.533. The molecule has 13 heteroatoms. The van der Waals surface area contributed by atoms with E-state index in [1.165, 1.54) is 43.1 Å². The van der Waals surface area contributed by atoms with Gasteiger partial charge in [-0.3, -0.25) is 9.59 Å². The molecule has 240 valence electrons. The van der Waals surface area contributed by atoms with Crippen LogP contribution < -0.4 is 14.8 Å². The summed E-state index contributed by atoms with van der Waals surface area (Å²) < 4.78 is 26.2. The van der Waals surface area contributed by atoms with Crippen molar-refractivity contribution in [1.82, 2.24) is 25.1 Å². The molecule has 1 aliphatic rings. The van der Waals surface area contributed by atoms with E-state index in [4.69, 9.17) is 14.6 Å². The van der Waals surface area contributed by atoms with Crippen LogP contribution in [-0.2, 0) is 17.9 Å². The van der Waals surface area contributed by atoms with Crippen LogP contribution in [0.25, 0.3) is 0 Å². The molecule has 0 saturated heterocycles. The van der Waals surface area contributed by atoms with Crippen LogP contribution in [0.15, 0.2) is 101 Å². The fourth-order valence-electron chi connectivity index (χ4n) is 5.15. The summed E-state index contributed by atoms with van der Waals surface area (Å²) in [5.41, 5.74) is 3.00. The highest BCUT2D eigenvalue weighted by atomic mass is 32.2. The van der Waals surface area contributed by atoms with Crippen LogP contribution in [0.4, 0.5) is 4.39 Å². The summed E-state index contributed by atoms with van der Waals surface area (Å²) in [5, 5.41) is 20.4. The van der Waals surface area contributed by atoms with Crippen LogP contribution in [0.1, 0.15) is 44.6 Å². The Bertz CT molecular complexity index is 1860. The van der Waals surface area contributed by atoms with Gasteiger partial charge in [-0.2, -0.15) is 5.10 Å². The number of nitrogens with one attached hydrogen (secondary N) is 1. The predicted molar refractivity (Wildman–Crippen MR) is 178 cm³/mol. The molecule has 6 rings (SSSR count). The van der Waals surface area contributed by atoms with Gasteiger partial charge in [0.15, 0.2) is 11.0 Å². The quantitative estimate of drug-likeness (QED) is 0.164. The largest absolute Gasteiger partial charge is 0.497 e. The SMILES string of the molecule is COc1cc(OC)cc(C(=O)NCc2nnc(SCC(=O)N3N=C(c4cccs4)C[C@@H]3c3ccc(F)cc3)n2Cc2ccccc2)c1. The first-order valence-corrected chi connectivity index (χ1v) is 16.6. The smallest absolute Gasteiger partial charge is 0.253 e. The van der Waals surface area contributed by atoms with Crippen molar-refractivity contribution < 1.29 is 23.5 Å². The number of halogens is 1. The number of thiophene rings is 1. The molecule has 0 unspecified atom stereocenters. The third kappa shape index (κ3) is 7.53. The summed E-state index contributed by atoms with van der Waals surface area (Å²) in [5.74, 6) is 0.672. The van der Waals surface area contributed by atoms with Crippen LogP contribution in [0, 0.1) is 5.82 Å². The average molecular weight is 671 g/mol. The van der Waals surface area contributed by atoms with Gasteiger partial charge in [-0.05, 0) is 46.8 Å². The maximum Gasteiger partial charge on any atom is 0.253 e. The normalized spacial score (nSPS) is 14.1. The number of thioether (sulfide) groups is 1. The summed E-state index contributed by atoms with van der Waals surface area (Å²) in [7, 11) is 3.04. The van der Waals surface area contributed by atoms with Crippen LogP contribution >= 0.6 is 23.1 Å². The molecular weight excluding hydrogens is 640 g/mol. The molecule has 3 heterocycles. The summed E-state index contributed by atoms with van der Waals surface area (Å²) >= 11 is 2.81. The van der Waals surface area contributed by atoms with Crippen molar-refractivity contribution in [3.63, 3.8) is 0 Å². The minimum atomic E-state index is -0.357. The van der Waals surface area contributed by atoms with Gasteiger partial charge in [0, 0.05) is 18.1 Å². The van der Waals surface area contributed by atoms with Crippen molar-refractivity contribution in [2.24, 2.45) is 5.10 Å². The van der Waals surface area contributed by atoms with E-state index in [0.29, 0.717) is 41.0 Å². The van der Waals surface area contributed by atoms with Crippen molar-refractivity contribution in [3.05, 3.63) is 124 Å². The monoisotopic (exact) mass is 670 g/mol. The van der Waals surface area contributed by atoms with Gasteiger partial charge in [0.2, 0.25) is 0 Å². The Morgan fingerprint density at radius 3 is 2.40 bits per heavy atom. The number of hydrogen-bond acceptors (Lipinski definition) is 9. The Morgan fingerprint density at radius 1 is 0.979 bits per heavy atom. The number of hydrogen-bond donors (Lipinski definition) is 1. The number of carbonyl (C=O) groups excluding carboxylic acids is 2. The number of hydrazone groups is 1. The lowest BCUT2D eigenvalue weighted by molar-refractivity contribution is -0.130. The van der Waals surface area contributed by atoms with Crippen molar-refractivity contribution >= 4 is 40.6 Å². The van der Waals surface area contributed by atoms with Gasteiger partial charge in [0.1, 0.15) is 17.3 Å². The third-order valence-electron chi connectivity index (χ3n) is 7.55. The van der Waals surface area contributed by atoms with Crippen LogP contribution in [0.3, 0.4) is 0 Å². The fraction of sp³-hybridized carbons (Fsp3) is 0.206. The van der Waals surface area contributed by atoms with Gasteiger partial charge in [-0.15, -0.1) is 21.5 Å². The van der Waals surface area contributed by atoms with Crippen LogP contribution in [0.5, 0.6) is 11.5 Å². The van der Waals surface area contributed by atoms with E-state index in [1.807, 2.05) is 52.4 Å². The predicted octanol–water partition coefficient (Wildman–Crippen LogP) is 5.94. The van der Waals surface area contributed by atoms with Gasteiger partial charge < -0.3 is 19.4 Å². The molecule has 0 bridgehead atoms. The summed E-state index contributed by atoms with van der Waals surface area (Å²) in [6.07, 6.45) is 0.524. The molecule has 5 aromatic rings. The number of aromatic nitrogens is 3.